The summed E-state index contributed by atoms with van der Waals surface area (Å²) in [7, 11) is 0. The Bertz CT molecular complexity index is 336. The minimum Gasteiger partial charge on any atom is -0.481 e. The first-order valence-corrected chi connectivity index (χ1v) is 7.60. The number of nitrogens with zero attached hydrogens (tertiary/aromatic N) is 1. The number of piperidine rings is 1. The number of aliphatic carboxylic acids is 1. The second-order valence-electron chi connectivity index (χ2n) is 6.20. The van der Waals surface area contributed by atoms with E-state index in [0.29, 0.717) is 31.7 Å². The number of carboxylic acids is 1. The third-order valence-corrected chi connectivity index (χ3v) is 4.73. The first-order chi connectivity index (χ1) is 9.08. The van der Waals surface area contributed by atoms with E-state index in [2.05, 4.69) is 0 Å². The maximum Gasteiger partial charge on any atom is 0.306 e. The molecule has 1 N–H and O–H groups in total. The lowest BCUT2D eigenvalue weighted by Gasteiger charge is -2.37. The Morgan fingerprint density at radius 3 is 2.42 bits per heavy atom. The van der Waals surface area contributed by atoms with Crippen molar-refractivity contribution >= 4 is 11.9 Å². The Morgan fingerprint density at radius 1 is 1.16 bits per heavy atom. The van der Waals surface area contributed by atoms with Gasteiger partial charge in [-0.25, -0.2) is 0 Å². The summed E-state index contributed by atoms with van der Waals surface area (Å²) in [6.07, 6.45) is 8.08. The molecule has 0 radical (unpaired) electrons. The highest BCUT2D eigenvalue weighted by molar-refractivity contribution is 5.77. The van der Waals surface area contributed by atoms with Crippen LogP contribution in [0.3, 0.4) is 0 Å². The minimum atomic E-state index is -0.716. The van der Waals surface area contributed by atoms with Crippen molar-refractivity contribution in [2.45, 2.75) is 64.3 Å². The van der Waals surface area contributed by atoms with Gasteiger partial charge in [-0.15, -0.1) is 0 Å². The van der Waals surface area contributed by atoms with E-state index in [-0.39, 0.29) is 17.9 Å². The number of hydrogen-bond acceptors (Lipinski definition) is 2. The number of amides is 1. The number of carbonyl (C=O) groups is 2. The van der Waals surface area contributed by atoms with Gasteiger partial charge in [0.25, 0.3) is 0 Å². The van der Waals surface area contributed by atoms with Crippen LogP contribution in [0, 0.1) is 11.8 Å². The maximum absolute atomic E-state index is 12.3. The zero-order chi connectivity index (χ0) is 13.8. The summed E-state index contributed by atoms with van der Waals surface area (Å²) in [6.45, 7) is 2.59. The highest BCUT2D eigenvalue weighted by Crippen LogP contribution is 2.29. The Kier molecular flexibility index (Phi) is 4.83. The van der Waals surface area contributed by atoms with Gasteiger partial charge in [-0.2, -0.15) is 0 Å². The quantitative estimate of drug-likeness (QED) is 0.855. The fourth-order valence-corrected chi connectivity index (χ4v) is 3.52. The fourth-order valence-electron chi connectivity index (χ4n) is 3.52. The van der Waals surface area contributed by atoms with Crippen molar-refractivity contribution in [2.24, 2.45) is 11.8 Å². The van der Waals surface area contributed by atoms with Crippen molar-refractivity contribution in [1.29, 1.82) is 0 Å². The Morgan fingerprint density at radius 2 is 1.84 bits per heavy atom. The predicted octanol–water partition coefficient (Wildman–Crippen LogP) is 2.67. The molecule has 1 amide bonds. The number of carboxylic acid groups (broad SMARTS) is 1. The van der Waals surface area contributed by atoms with Crippen LogP contribution in [0.25, 0.3) is 0 Å². The molecule has 4 nitrogen and oxygen atoms in total. The molecular weight excluding hydrogens is 242 g/mol. The molecule has 2 rings (SSSR count). The molecule has 4 heteroatoms. The predicted molar refractivity (Wildman–Crippen MR) is 72.7 cm³/mol. The van der Waals surface area contributed by atoms with Gasteiger partial charge >= 0.3 is 5.97 Å². The largest absolute Gasteiger partial charge is 0.481 e. The standard InChI is InChI=1S/C15H25NO3/c1-11-9-13(15(18)19)7-8-16(11)14(17)10-12-5-3-2-4-6-12/h11-13H,2-10H2,1H3,(H,18,19). The summed E-state index contributed by atoms with van der Waals surface area (Å²) in [4.78, 5) is 25.2. The zero-order valence-corrected chi connectivity index (χ0v) is 11.8. The maximum atomic E-state index is 12.3. The van der Waals surface area contributed by atoms with Crippen molar-refractivity contribution in [3.8, 4) is 0 Å². The molecule has 1 aliphatic heterocycles. The second-order valence-corrected chi connectivity index (χ2v) is 6.20. The van der Waals surface area contributed by atoms with Gasteiger partial charge in [-0.05, 0) is 38.5 Å². The number of hydrogen-bond donors (Lipinski definition) is 1. The molecule has 0 bridgehead atoms. The van der Waals surface area contributed by atoms with Gasteiger partial charge in [0.2, 0.25) is 5.91 Å². The molecule has 0 aromatic heterocycles. The van der Waals surface area contributed by atoms with Crippen molar-refractivity contribution in [3.63, 3.8) is 0 Å². The SMILES string of the molecule is CC1CC(C(=O)O)CCN1C(=O)CC1CCCCC1. The number of rotatable bonds is 3. The Labute approximate surface area is 115 Å². The van der Waals surface area contributed by atoms with Gasteiger partial charge in [-0.1, -0.05) is 19.3 Å². The topological polar surface area (TPSA) is 57.6 Å². The molecule has 108 valence electrons. The van der Waals surface area contributed by atoms with Crippen LogP contribution in [-0.4, -0.2) is 34.5 Å². The van der Waals surface area contributed by atoms with Crippen LogP contribution in [0.1, 0.15) is 58.3 Å². The Hall–Kier alpha value is -1.06. The van der Waals surface area contributed by atoms with E-state index in [0.717, 1.165) is 0 Å². The van der Waals surface area contributed by atoms with Gasteiger partial charge in [0.05, 0.1) is 5.92 Å². The highest BCUT2D eigenvalue weighted by atomic mass is 16.4. The van der Waals surface area contributed by atoms with Gasteiger partial charge < -0.3 is 10.0 Å². The lowest BCUT2D eigenvalue weighted by Crippen LogP contribution is -2.46. The molecule has 1 aliphatic carbocycles. The van der Waals surface area contributed by atoms with E-state index in [4.69, 9.17) is 5.11 Å². The van der Waals surface area contributed by atoms with Crippen molar-refractivity contribution < 1.29 is 14.7 Å². The van der Waals surface area contributed by atoms with Gasteiger partial charge in [0.1, 0.15) is 0 Å². The van der Waals surface area contributed by atoms with E-state index in [1.54, 1.807) is 0 Å². The summed E-state index contributed by atoms with van der Waals surface area (Å²) < 4.78 is 0. The average Bonchev–Trinajstić information content (AvgIpc) is 2.39. The van der Waals surface area contributed by atoms with Gasteiger partial charge in [-0.3, -0.25) is 9.59 Å². The fraction of sp³-hybridized carbons (Fsp3) is 0.867. The highest BCUT2D eigenvalue weighted by Gasteiger charge is 2.32. The third kappa shape index (κ3) is 3.71. The van der Waals surface area contributed by atoms with E-state index >= 15 is 0 Å². The normalized spacial score (nSPS) is 29.2. The molecular formula is C15H25NO3. The van der Waals surface area contributed by atoms with E-state index in [1.807, 2.05) is 11.8 Å². The van der Waals surface area contributed by atoms with E-state index < -0.39 is 5.97 Å². The second kappa shape index (κ2) is 6.40. The molecule has 1 saturated carbocycles. The van der Waals surface area contributed by atoms with Crippen molar-refractivity contribution in [1.82, 2.24) is 4.90 Å². The van der Waals surface area contributed by atoms with Gasteiger partial charge in [0.15, 0.2) is 0 Å². The van der Waals surface area contributed by atoms with Crippen LogP contribution >= 0.6 is 0 Å². The Balaban J connectivity index is 1.84. The molecule has 2 aliphatic rings. The molecule has 2 fully saturated rings. The zero-order valence-electron chi connectivity index (χ0n) is 11.8. The van der Waals surface area contributed by atoms with Crippen LogP contribution in [0.5, 0.6) is 0 Å². The van der Waals surface area contributed by atoms with Gasteiger partial charge in [0, 0.05) is 19.0 Å². The van der Waals surface area contributed by atoms with Crippen LogP contribution in [0.4, 0.5) is 0 Å². The molecule has 2 unspecified atom stereocenters. The van der Waals surface area contributed by atoms with Crippen LogP contribution in [0.2, 0.25) is 0 Å². The van der Waals surface area contributed by atoms with Crippen LogP contribution in [0.15, 0.2) is 0 Å². The molecule has 1 heterocycles. The number of carbonyl (C=O) groups excluding carboxylic acids is 1. The lowest BCUT2D eigenvalue weighted by molar-refractivity contribution is -0.147. The molecule has 0 spiro atoms. The van der Waals surface area contributed by atoms with E-state index in [9.17, 15) is 9.59 Å². The first kappa shape index (κ1) is 14.4. The van der Waals surface area contributed by atoms with Crippen molar-refractivity contribution in [3.05, 3.63) is 0 Å². The average molecular weight is 267 g/mol. The summed E-state index contributed by atoms with van der Waals surface area (Å²) in [5.74, 6) is -0.186. The first-order valence-electron chi connectivity index (χ1n) is 7.60. The summed E-state index contributed by atoms with van der Waals surface area (Å²) >= 11 is 0. The summed E-state index contributed by atoms with van der Waals surface area (Å²) in [6, 6.07) is 0.0749. The minimum absolute atomic E-state index is 0.0749. The molecule has 19 heavy (non-hydrogen) atoms. The molecule has 0 aromatic rings. The third-order valence-electron chi connectivity index (χ3n) is 4.73. The summed E-state index contributed by atoms with van der Waals surface area (Å²) in [5.41, 5.74) is 0. The lowest BCUT2D eigenvalue weighted by atomic mass is 9.85. The molecule has 2 atom stereocenters. The molecule has 1 saturated heterocycles. The number of likely N-dealkylation sites (tertiary alicyclic amines) is 1. The monoisotopic (exact) mass is 267 g/mol. The van der Waals surface area contributed by atoms with Crippen LogP contribution in [-0.2, 0) is 9.59 Å². The summed E-state index contributed by atoms with van der Waals surface area (Å²) in [5, 5.41) is 9.04. The van der Waals surface area contributed by atoms with E-state index in [1.165, 1.54) is 32.1 Å². The van der Waals surface area contributed by atoms with Crippen molar-refractivity contribution in [2.75, 3.05) is 6.54 Å². The molecule has 0 aromatic carbocycles. The van der Waals surface area contributed by atoms with Crippen LogP contribution < -0.4 is 0 Å². The smallest absolute Gasteiger partial charge is 0.306 e.